The van der Waals surface area contributed by atoms with Crippen molar-refractivity contribution in [3.63, 3.8) is 0 Å². The average molecular weight is 642 g/mol. The summed E-state index contributed by atoms with van der Waals surface area (Å²) in [4.78, 5) is 73.5. The van der Waals surface area contributed by atoms with E-state index in [0.29, 0.717) is 18.5 Å². The van der Waals surface area contributed by atoms with Crippen molar-refractivity contribution in [2.24, 2.45) is 5.73 Å². The number of carbonyl (C=O) groups excluding carboxylic acids is 4. The summed E-state index contributed by atoms with van der Waals surface area (Å²) in [7, 11) is 3.67. The Labute approximate surface area is 256 Å². The lowest BCUT2D eigenvalue weighted by Gasteiger charge is -2.37. The highest BCUT2D eigenvalue weighted by molar-refractivity contribution is 8.77. The maximum Gasteiger partial charge on any atom is 0.328 e. The van der Waals surface area contributed by atoms with Crippen LogP contribution >= 0.6 is 21.6 Å². The normalized spacial score (nSPS) is 18.3. The number of carbonyl (C=O) groups is 6. The van der Waals surface area contributed by atoms with E-state index in [-0.39, 0.29) is 48.2 Å². The molecule has 43 heavy (non-hydrogen) atoms. The minimum atomic E-state index is -1.20. The Hall–Kier alpha value is -3.27. The molecule has 4 atom stereocenters. The van der Waals surface area contributed by atoms with Crippen molar-refractivity contribution < 1.29 is 48.1 Å². The van der Waals surface area contributed by atoms with Crippen LogP contribution in [-0.2, 0) is 33.5 Å². The molecule has 0 aromatic heterocycles. The van der Waals surface area contributed by atoms with Crippen LogP contribution in [0.25, 0.3) is 0 Å². The number of piperidine rings is 1. The number of carboxylic acid groups (broad SMARTS) is 2. The summed E-state index contributed by atoms with van der Waals surface area (Å²) in [5, 5.41) is 20.7. The number of nitrogens with one attached hydrogen (secondary N) is 1. The van der Waals surface area contributed by atoms with E-state index in [1.54, 1.807) is 11.0 Å². The van der Waals surface area contributed by atoms with Crippen molar-refractivity contribution in [1.29, 1.82) is 0 Å². The first kappa shape index (κ1) is 35.9. The number of ether oxygens (including phenoxy) is 1. The number of nitrogens with two attached hydrogens (primary N) is 1. The number of benzene rings is 1. The van der Waals surface area contributed by atoms with Gasteiger partial charge in [-0.05, 0) is 31.4 Å². The predicted octanol–water partition coefficient (Wildman–Crippen LogP) is 2.12. The fraction of sp³-hybridized carbons (Fsp3) is 0.500. The van der Waals surface area contributed by atoms with Crippen molar-refractivity contribution in [2.75, 3.05) is 26.0 Å². The maximum absolute atomic E-state index is 14.6. The minimum absolute atomic E-state index is 0.0345. The number of rotatable bonds is 17. The maximum atomic E-state index is 14.6. The second-order valence-corrected chi connectivity index (χ2v) is 12.5. The van der Waals surface area contributed by atoms with Crippen LogP contribution in [0, 0.1) is 5.82 Å². The third-order valence-corrected chi connectivity index (χ3v) is 9.60. The molecule has 5 N–H and O–H groups in total. The monoisotopic (exact) mass is 641 g/mol. The number of likely N-dealkylation sites (tertiary alicyclic amines) is 1. The molecule has 1 aliphatic heterocycles. The van der Waals surface area contributed by atoms with Gasteiger partial charge < -0.3 is 26.0 Å². The third-order valence-electron chi connectivity index (χ3n) is 6.71. The number of nitrogens with zero attached hydrogens (tertiary/aromatic N) is 1. The first-order valence-corrected chi connectivity index (χ1v) is 15.8. The number of aliphatic carboxylic acids is 2. The molecule has 0 bridgehead atoms. The molecule has 15 heteroatoms. The highest BCUT2D eigenvalue weighted by Crippen LogP contribution is 2.39. The highest BCUT2D eigenvalue weighted by Gasteiger charge is 2.36. The Kier molecular flexibility index (Phi) is 14.8. The molecule has 1 amide bonds. The predicted molar refractivity (Wildman–Crippen MR) is 159 cm³/mol. The molecule has 1 saturated heterocycles. The summed E-state index contributed by atoms with van der Waals surface area (Å²) in [5.41, 5.74) is 6.24. The molecule has 4 unspecified atom stereocenters. The molecule has 1 heterocycles. The van der Waals surface area contributed by atoms with Crippen molar-refractivity contribution >= 4 is 57.0 Å². The van der Waals surface area contributed by atoms with Crippen LogP contribution < -0.4 is 11.1 Å². The van der Waals surface area contributed by atoms with Crippen molar-refractivity contribution in [3.8, 4) is 0 Å². The van der Waals surface area contributed by atoms with Gasteiger partial charge in [0.25, 0.3) is 0 Å². The summed E-state index contributed by atoms with van der Waals surface area (Å²) in [6.45, 7) is 1.64. The molecular formula is C28H36FN3O9S2. The number of methoxy groups -OCH3 is 1. The topological polar surface area (TPSA) is 193 Å². The van der Waals surface area contributed by atoms with E-state index in [1.165, 1.54) is 53.8 Å². The second-order valence-electron chi connectivity index (χ2n) is 9.87. The van der Waals surface area contributed by atoms with Gasteiger partial charge in [0, 0.05) is 48.6 Å². The zero-order valence-electron chi connectivity index (χ0n) is 23.8. The summed E-state index contributed by atoms with van der Waals surface area (Å²) in [6, 6.07) is 2.85. The van der Waals surface area contributed by atoms with Crippen LogP contribution in [-0.4, -0.2) is 93.8 Å². The minimum Gasteiger partial charge on any atom is -0.481 e. The first-order valence-electron chi connectivity index (χ1n) is 13.4. The molecule has 12 nitrogen and oxygen atoms in total. The van der Waals surface area contributed by atoms with Gasteiger partial charge in [0.1, 0.15) is 17.6 Å². The quantitative estimate of drug-likeness (QED) is 0.110. The third kappa shape index (κ3) is 11.7. The fourth-order valence-electron chi connectivity index (χ4n) is 4.36. The van der Waals surface area contributed by atoms with Crippen LogP contribution in [0.3, 0.4) is 0 Å². The smallest absolute Gasteiger partial charge is 0.328 e. The van der Waals surface area contributed by atoms with Crippen molar-refractivity contribution in [2.45, 2.75) is 62.4 Å². The van der Waals surface area contributed by atoms with Crippen molar-refractivity contribution in [1.82, 2.24) is 10.2 Å². The molecular weight excluding hydrogens is 605 g/mol. The standard InChI is InChI=1S/C28H36FN3O9S2/c1-16(33)20(30)7-9-24(35)31-21(22(34)8-10-25(36)37)15-42-43-23-11-12-32(14-17(23)13-26(38)39)27(28(40)41-2)18-5-3-4-6-19(18)29/h3-6,13,20-21,23,27H,7-12,14-15,30H2,1-2H3,(H,31,35)(H,36,37)(H,38,39)/b17-13-. The van der Waals surface area contributed by atoms with Gasteiger partial charge in [-0.3, -0.25) is 24.1 Å². The summed E-state index contributed by atoms with van der Waals surface area (Å²) in [5.74, 6) is -4.87. The van der Waals surface area contributed by atoms with E-state index >= 15 is 0 Å². The van der Waals surface area contributed by atoms with Gasteiger partial charge in [-0.15, -0.1) is 0 Å². The molecule has 2 rings (SSSR count). The zero-order chi connectivity index (χ0) is 32.1. The number of esters is 1. The number of carboxylic acids is 2. The Balaban J connectivity index is 2.13. The van der Waals surface area contributed by atoms with Crippen LogP contribution in [0.4, 0.5) is 4.39 Å². The Bertz CT molecular complexity index is 1230. The number of amides is 1. The molecule has 0 radical (unpaired) electrons. The fourth-order valence-corrected chi connectivity index (χ4v) is 7.27. The molecule has 1 aliphatic rings. The molecule has 1 aromatic rings. The highest BCUT2D eigenvalue weighted by atomic mass is 33.1. The number of hydrogen-bond donors (Lipinski definition) is 4. The second kappa shape index (κ2) is 17.8. The number of ketones is 2. The molecule has 0 aliphatic carbocycles. The van der Waals surface area contributed by atoms with Crippen LogP contribution in [0.1, 0.15) is 50.6 Å². The summed E-state index contributed by atoms with van der Waals surface area (Å²) in [6.07, 6.45) is 0.688. The molecule has 0 spiro atoms. The van der Waals surface area contributed by atoms with E-state index in [0.717, 1.165) is 6.08 Å². The van der Waals surface area contributed by atoms with E-state index in [2.05, 4.69) is 5.32 Å². The lowest BCUT2D eigenvalue weighted by molar-refractivity contribution is -0.147. The molecule has 1 aromatic carbocycles. The van der Waals surface area contributed by atoms with Crippen LogP contribution in [0.2, 0.25) is 0 Å². The van der Waals surface area contributed by atoms with Crippen LogP contribution in [0.15, 0.2) is 35.9 Å². The number of Topliss-reactive ketones (excluding diaryl/α,β-unsaturated/α-hetero) is 2. The molecule has 1 fully saturated rings. The lowest BCUT2D eigenvalue weighted by atomic mass is 9.98. The van der Waals surface area contributed by atoms with E-state index < -0.39 is 60.0 Å². The zero-order valence-corrected chi connectivity index (χ0v) is 25.5. The van der Waals surface area contributed by atoms with Gasteiger partial charge in [-0.1, -0.05) is 39.8 Å². The first-order chi connectivity index (χ1) is 20.3. The summed E-state index contributed by atoms with van der Waals surface area (Å²) >= 11 is 0. The lowest BCUT2D eigenvalue weighted by Crippen LogP contribution is -2.44. The Morgan fingerprint density at radius 1 is 1.16 bits per heavy atom. The van der Waals surface area contributed by atoms with Gasteiger partial charge in [0.05, 0.1) is 25.6 Å². The van der Waals surface area contributed by atoms with Gasteiger partial charge in [-0.25, -0.2) is 14.0 Å². The molecule has 0 saturated carbocycles. The van der Waals surface area contributed by atoms with Crippen LogP contribution in [0.5, 0.6) is 0 Å². The largest absolute Gasteiger partial charge is 0.481 e. The number of halogens is 1. The average Bonchev–Trinajstić information content (AvgIpc) is 2.95. The van der Waals surface area contributed by atoms with Gasteiger partial charge in [0.15, 0.2) is 5.78 Å². The Morgan fingerprint density at radius 3 is 2.47 bits per heavy atom. The van der Waals surface area contributed by atoms with E-state index in [1.807, 2.05) is 0 Å². The Morgan fingerprint density at radius 2 is 1.86 bits per heavy atom. The summed E-state index contributed by atoms with van der Waals surface area (Å²) < 4.78 is 19.6. The van der Waals surface area contributed by atoms with Crippen molar-refractivity contribution in [3.05, 3.63) is 47.3 Å². The van der Waals surface area contributed by atoms with Gasteiger partial charge >= 0.3 is 17.9 Å². The SMILES string of the molecule is COC(=O)C(c1ccccc1F)N1CCC(SSCC(NC(=O)CCC(N)C(C)=O)C(=O)CCC(=O)O)/C(=C\C(=O)O)C1. The van der Waals surface area contributed by atoms with Gasteiger partial charge in [0.2, 0.25) is 5.91 Å². The van der Waals surface area contributed by atoms with E-state index in [9.17, 15) is 38.3 Å². The van der Waals surface area contributed by atoms with E-state index in [4.69, 9.17) is 15.6 Å². The van der Waals surface area contributed by atoms with Gasteiger partial charge in [-0.2, -0.15) is 0 Å². The number of hydrogen-bond acceptors (Lipinski definition) is 11. The molecule has 236 valence electrons.